The maximum atomic E-state index is 11.4. The van der Waals surface area contributed by atoms with Crippen molar-refractivity contribution in [1.82, 2.24) is 0 Å². The second-order valence-electron chi connectivity index (χ2n) is 4.01. The van der Waals surface area contributed by atoms with E-state index < -0.39 is 0 Å². The van der Waals surface area contributed by atoms with Crippen LogP contribution < -0.4 is 0 Å². The Labute approximate surface area is 85.1 Å². The first kappa shape index (κ1) is 11.1. The Morgan fingerprint density at radius 1 is 1.64 bits per heavy atom. The van der Waals surface area contributed by atoms with Gasteiger partial charge in [0, 0.05) is 6.42 Å². The van der Waals surface area contributed by atoms with Crippen molar-refractivity contribution in [2.45, 2.75) is 45.6 Å². The number of ether oxygens (including phenoxy) is 2. The van der Waals surface area contributed by atoms with Gasteiger partial charge in [-0.2, -0.15) is 0 Å². The molecule has 0 aliphatic carbocycles. The fourth-order valence-corrected chi connectivity index (χ4v) is 1.97. The van der Waals surface area contributed by atoms with E-state index in [1.54, 1.807) is 0 Å². The molecule has 0 fully saturated rings. The summed E-state index contributed by atoms with van der Waals surface area (Å²) in [7, 11) is 1.40. The normalized spacial score (nSPS) is 26.3. The van der Waals surface area contributed by atoms with E-state index in [1.807, 2.05) is 13.8 Å². The van der Waals surface area contributed by atoms with E-state index >= 15 is 0 Å². The summed E-state index contributed by atoms with van der Waals surface area (Å²) in [6.45, 7) is 5.98. The maximum Gasteiger partial charge on any atom is 0.337 e. The molecule has 0 bridgehead atoms. The predicted molar refractivity (Wildman–Crippen MR) is 53.7 cm³/mol. The Morgan fingerprint density at radius 3 is 2.79 bits per heavy atom. The molecular formula is C11H18O3. The van der Waals surface area contributed by atoms with Crippen molar-refractivity contribution < 1.29 is 14.3 Å². The molecular weight excluding hydrogens is 180 g/mol. The fraction of sp³-hybridized carbons (Fsp3) is 0.727. The molecule has 0 radical (unpaired) electrons. The summed E-state index contributed by atoms with van der Waals surface area (Å²) in [4.78, 5) is 11.4. The molecule has 0 aromatic carbocycles. The zero-order valence-electron chi connectivity index (χ0n) is 9.35. The first-order valence-corrected chi connectivity index (χ1v) is 4.99. The molecule has 1 unspecified atom stereocenters. The number of hydrogen-bond donors (Lipinski definition) is 0. The lowest BCUT2D eigenvalue weighted by atomic mass is 9.94. The minimum atomic E-state index is -0.262. The molecule has 0 saturated heterocycles. The average Bonchev–Trinajstić information content (AvgIpc) is 2.41. The Kier molecular flexibility index (Phi) is 3.19. The van der Waals surface area contributed by atoms with Crippen LogP contribution in [0, 0.1) is 0 Å². The number of esters is 1. The van der Waals surface area contributed by atoms with Gasteiger partial charge in [-0.1, -0.05) is 13.3 Å². The summed E-state index contributed by atoms with van der Waals surface area (Å²) >= 11 is 0. The molecule has 80 valence electrons. The van der Waals surface area contributed by atoms with E-state index in [9.17, 15) is 4.79 Å². The molecule has 0 aromatic rings. The molecule has 0 amide bonds. The molecule has 1 atom stereocenters. The van der Waals surface area contributed by atoms with Crippen LogP contribution in [0.4, 0.5) is 0 Å². The van der Waals surface area contributed by atoms with Crippen LogP contribution in [-0.4, -0.2) is 18.7 Å². The third-order valence-electron chi connectivity index (χ3n) is 2.59. The van der Waals surface area contributed by atoms with Gasteiger partial charge in [-0.3, -0.25) is 0 Å². The van der Waals surface area contributed by atoms with E-state index in [1.165, 1.54) is 7.11 Å². The molecule has 1 heterocycles. The summed E-state index contributed by atoms with van der Waals surface area (Å²) in [5.41, 5.74) is 0.478. The topological polar surface area (TPSA) is 35.5 Å². The van der Waals surface area contributed by atoms with Gasteiger partial charge >= 0.3 is 5.97 Å². The van der Waals surface area contributed by atoms with Gasteiger partial charge in [0.05, 0.1) is 12.7 Å². The van der Waals surface area contributed by atoms with E-state index in [4.69, 9.17) is 9.47 Å². The third kappa shape index (κ3) is 2.08. The molecule has 0 saturated carbocycles. The number of hydrogen-bond acceptors (Lipinski definition) is 3. The summed E-state index contributed by atoms with van der Waals surface area (Å²) in [5.74, 6) is 0.454. The number of methoxy groups -OCH3 is 1. The highest BCUT2D eigenvalue weighted by Crippen LogP contribution is 2.37. The van der Waals surface area contributed by atoms with Crippen LogP contribution in [0.5, 0.6) is 0 Å². The SMILES string of the molecule is CCCC1(C)CC(C(=O)OC)=C(C)O1. The standard InChI is InChI=1S/C11H18O3/c1-5-6-11(3)7-9(8(2)14-11)10(12)13-4/h5-7H2,1-4H3. The zero-order valence-corrected chi connectivity index (χ0v) is 9.35. The largest absolute Gasteiger partial charge is 0.491 e. The van der Waals surface area contributed by atoms with Gasteiger partial charge < -0.3 is 9.47 Å². The second kappa shape index (κ2) is 4.03. The highest BCUT2D eigenvalue weighted by atomic mass is 16.5. The van der Waals surface area contributed by atoms with Gasteiger partial charge in [-0.05, 0) is 20.3 Å². The van der Waals surface area contributed by atoms with Crippen LogP contribution >= 0.6 is 0 Å². The van der Waals surface area contributed by atoms with E-state index in [0.29, 0.717) is 17.8 Å². The van der Waals surface area contributed by atoms with Gasteiger partial charge in [0.2, 0.25) is 0 Å². The van der Waals surface area contributed by atoms with Crippen LogP contribution in [-0.2, 0) is 14.3 Å². The lowest BCUT2D eigenvalue weighted by molar-refractivity contribution is -0.136. The van der Waals surface area contributed by atoms with Crippen molar-refractivity contribution in [2.24, 2.45) is 0 Å². The van der Waals surface area contributed by atoms with Crippen LogP contribution in [0.1, 0.15) is 40.0 Å². The average molecular weight is 198 g/mol. The summed E-state index contributed by atoms with van der Waals surface area (Å²) in [6.07, 6.45) is 2.68. The molecule has 3 nitrogen and oxygen atoms in total. The van der Waals surface area contributed by atoms with Crippen molar-refractivity contribution >= 4 is 5.97 Å². The van der Waals surface area contributed by atoms with Crippen molar-refractivity contribution in [1.29, 1.82) is 0 Å². The number of carbonyl (C=O) groups is 1. The Hall–Kier alpha value is -0.990. The number of rotatable bonds is 3. The highest BCUT2D eigenvalue weighted by molar-refractivity contribution is 5.89. The molecule has 1 rings (SSSR count). The summed E-state index contributed by atoms with van der Waals surface area (Å²) in [5, 5.41) is 0. The quantitative estimate of drug-likeness (QED) is 0.653. The number of carbonyl (C=O) groups excluding carboxylic acids is 1. The van der Waals surface area contributed by atoms with Crippen molar-refractivity contribution in [3.8, 4) is 0 Å². The molecule has 3 heteroatoms. The monoisotopic (exact) mass is 198 g/mol. The Balaban J connectivity index is 2.73. The lowest BCUT2D eigenvalue weighted by Gasteiger charge is -2.24. The first-order valence-electron chi connectivity index (χ1n) is 4.99. The van der Waals surface area contributed by atoms with Crippen LogP contribution in [0.15, 0.2) is 11.3 Å². The molecule has 14 heavy (non-hydrogen) atoms. The minimum absolute atomic E-state index is 0.206. The van der Waals surface area contributed by atoms with E-state index in [2.05, 4.69) is 6.92 Å². The zero-order chi connectivity index (χ0) is 10.8. The van der Waals surface area contributed by atoms with Crippen molar-refractivity contribution in [3.05, 3.63) is 11.3 Å². The molecule has 0 spiro atoms. The summed E-state index contributed by atoms with van der Waals surface area (Å²) in [6, 6.07) is 0. The predicted octanol–water partition coefficient (Wildman–Crippen LogP) is 2.41. The van der Waals surface area contributed by atoms with Crippen LogP contribution in [0.25, 0.3) is 0 Å². The molecule has 1 aliphatic rings. The second-order valence-corrected chi connectivity index (χ2v) is 4.01. The van der Waals surface area contributed by atoms with Crippen molar-refractivity contribution in [2.75, 3.05) is 7.11 Å². The van der Waals surface area contributed by atoms with Crippen LogP contribution in [0.3, 0.4) is 0 Å². The molecule has 0 N–H and O–H groups in total. The fourth-order valence-electron chi connectivity index (χ4n) is 1.97. The van der Waals surface area contributed by atoms with Gasteiger partial charge in [0.1, 0.15) is 11.4 Å². The van der Waals surface area contributed by atoms with Gasteiger partial charge in [-0.25, -0.2) is 4.79 Å². The highest BCUT2D eigenvalue weighted by Gasteiger charge is 2.37. The third-order valence-corrected chi connectivity index (χ3v) is 2.59. The minimum Gasteiger partial charge on any atom is -0.491 e. The van der Waals surface area contributed by atoms with Gasteiger partial charge in [0.25, 0.3) is 0 Å². The lowest BCUT2D eigenvalue weighted by Crippen LogP contribution is -2.24. The smallest absolute Gasteiger partial charge is 0.337 e. The maximum absolute atomic E-state index is 11.4. The van der Waals surface area contributed by atoms with E-state index in [-0.39, 0.29) is 11.6 Å². The molecule has 0 aromatic heterocycles. The van der Waals surface area contributed by atoms with Crippen molar-refractivity contribution in [3.63, 3.8) is 0 Å². The van der Waals surface area contributed by atoms with Gasteiger partial charge in [-0.15, -0.1) is 0 Å². The van der Waals surface area contributed by atoms with Gasteiger partial charge in [0.15, 0.2) is 0 Å². The Morgan fingerprint density at radius 2 is 2.29 bits per heavy atom. The first-order chi connectivity index (χ1) is 6.52. The summed E-state index contributed by atoms with van der Waals surface area (Å²) < 4.78 is 10.4. The van der Waals surface area contributed by atoms with E-state index in [0.717, 1.165) is 12.8 Å². The number of allylic oxidation sites excluding steroid dienone is 1. The molecule has 1 aliphatic heterocycles. The van der Waals surface area contributed by atoms with Crippen LogP contribution in [0.2, 0.25) is 0 Å². The Bertz CT molecular complexity index is 268.